The quantitative estimate of drug-likeness (QED) is 0.728. The van der Waals surface area contributed by atoms with Crippen molar-refractivity contribution in [3.05, 3.63) is 48.3 Å². The Morgan fingerprint density at radius 2 is 1.87 bits per heavy atom. The van der Waals surface area contributed by atoms with E-state index in [1.807, 2.05) is 30.3 Å². The van der Waals surface area contributed by atoms with E-state index in [9.17, 15) is 4.79 Å². The van der Waals surface area contributed by atoms with E-state index in [0.717, 1.165) is 5.56 Å². The van der Waals surface area contributed by atoms with Gasteiger partial charge in [0, 0.05) is 11.8 Å². The molecule has 0 amide bonds. The minimum absolute atomic E-state index is 0.213. The third kappa shape index (κ3) is 2.19. The zero-order chi connectivity index (χ0) is 10.7. The number of hydrogen-bond acceptors (Lipinski definition) is 3. The smallest absolute Gasteiger partial charge is 0.270 e. The largest absolute Gasteiger partial charge is 0.274 e. The van der Waals surface area contributed by atoms with Gasteiger partial charge in [0.25, 0.3) is 5.24 Å². The van der Waals surface area contributed by atoms with Crippen LogP contribution in [0.25, 0.3) is 11.4 Å². The van der Waals surface area contributed by atoms with Gasteiger partial charge in [0.2, 0.25) is 0 Å². The van der Waals surface area contributed by atoms with E-state index < -0.39 is 5.24 Å². The van der Waals surface area contributed by atoms with Crippen LogP contribution in [0.4, 0.5) is 0 Å². The van der Waals surface area contributed by atoms with Gasteiger partial charge in [-0.05, 0) is 17.7 Å². The first kappa shape index (κ1) is 9.80. The van der Waals surface area contributed by atoms with Crippen molar-refractivity contribution in [1.82, 2.24) is 9.97 Å². The van der Waals surface area contributed by atoms with E-state index >= 15 is 0 Å². The van der Waals surface area contributed by atoms with Gasteiger partial charge in [-0.1, -0.05) is 30.3 Å². The second-order valence-electron chi connectivity index (χ2n) is 2.91. The van der Waals surface area contributed by atoms with Crippen molar-refractivity contribution in [2.24, 2.45) is 0 Å². The summed E-state index contributed by atoms with van der Waals surface area (Å²) in [6, 6.07) is 10.9. The highest BCUT2D eigenvalue weighted by Crippen LogP contribution is 2.14. The summed E-state index contributed by atoms with van der Waals surface area (Å²) in [5.41, 5.74) is 1.07. The molecule has 2 aromatic rings. The second-order valence-corrected chi connectivity index (χ2v) is 3.25. The molecule has 0 radical (unpaired) electrons. The van der Waals surface area contributed by atoms with Crippen LogP contribution < -0.4 is 0 Å². The molecule has 0 unspecified atom stereocenters. The molecule has 0 spiro atoms. The number of carbonyl (C=O) groups excluding carboxylic acids is 1. The maximum absolute atomic E-state index is 10.9. The first-order valence-electron chi connectivity index (χ1n) is 4.35. The van der Waals surface area contributed by atoms with Crippen LogP contribution in [0.15, 0.2) is 42.6 Å². The van der Waals surface area contributed by atoms with Crippen LogP contribution >= 0.6 is 11.6 Å². The van der Waals surface area contributed by atoms with Crippen LogP contribution in [0.3, 0.4) is 0 Å². The SMILES string of the molecule is O=C(Cl)c1ccnc(-c2ccccc2)n1. The standard InChI is InChI=1S/C11H7ClN2O/c12-10(15)9-6-7-13-11(14-9)8-4-2-1-3-5-8/h1-7H. The van der Waals surface area contributed by atoms with Crippen LogP contribution in [0.2, 0.25) is 0 Å². The van der Waals surface area contributed by atoms with Crippen molar-refractivity contribution in [3.63, 3.8) is 0 Å². The van der Waals surface area contributed by atoms with Crippen molar-refractivity contribution in [2.75, 3.05) is 0 Å². The summed E-state index contributed by atoms with van der Waals surface area (Å²) in [5, 5.41) is -0.574. The summed E-state index contributed by atoms with van der Waals surface area (Å²) < 4.78 is 0. The maximum Gasteiger partial charge on any atom is 0.270 e. The van der Waals surface area contributed by atoms with E-state index in [1.165, 1.54) is 12.3 Å². The Hall–Kier alpha value is -1.74. The normalized spacial score (nSPS) is 9.93. The highest BCUT2D eigenvalue weighted by Gasteiger charge is 2.06. The summed E-state index contributed by atoms with van der Waals surface area (Å²) in [7, 11) is 0. The average molecular weight is 219 g/mol. The predicted octanol–water partition coefficient (Wildman–Crippen LogP) is 2.52. The molecule has 0 saturated carbocycles. The lowest BCUT2D eigenvalue weighted by atomic mass is 10.2. The Balaban J connectivity index is 2.46. The number of hydrogen-bond donors (Lipinski definition) is 0. The zero-order valence-corrected chi connectivity index (χ0v) is 8.48. The van der Waals surface area contributed by atoms with E-state index in [4.69, 9.17) is 11.6 Å². The fourth-order valence-corrected chi connectivity index (χ4v) is 1.30. The predicted molar refractivity (Wildman–Crippen MR) is 57.7 cm³/mol. The summed E-state index contributed by atoms with van der Waals surface area (Å²) in [6.45, 7) is 0. The lowest BCUT2D eigenvalue weighted by molar-refractivity contribution is 0.107. The molecule has 0 fully saturated rings. The third-order valence-electron chi connectivity index (χ3n) is 1.89. The van der Waals surface area contributed by atoms with Gasteiger partial charge in [-0.2, -0.15) is 0 Å². The molecule has 74 valence electrons. The second kappa shape index (κ2) is 4.19. The van der Waals surface area contributed by atoms with E-state index in [2.05, 4.69) is 9.97 Å². The molecule has 2 rings (SSSR count). The van der Waals surface area contributed by atoms with Crippen LogP contribution in [0, 0.1) is 0 Å². The number of aromatic nitrogens is 2. The van der Waals surface area contributed by atoms with Crippen molar-refractivity contribution in [3.8, 4) is 11.4 Å². The number of rotatable bonds is 2. The molecular weight excluding hydrogens is 212 g/mol. The Morgan fingerprint density at radius 1 is 1.13 bits per heavy atom. The van der Waals surface area contributed by atoms with Crippen molar-refractivity contribution < 1.29 is 4.79 Å². The van der Waals surface area contributed by atoms with Crippen LogP contribution in [0.1, 0.15) is 10.5 Å². The Labute approximate surface area is 91.8 Å². The molecule has 0 saturated heterocycles. The van der Waals surface area contributed by atoms with Crippen molar-refractivity contribution in [1.29, 1.82) is 0 Å². The molecule has 0 aliphatic heterocycles. The first-order chi connectivity index (χ1) is 7.27. The number of nitrogens with zero attached hydrogens (tertiary/aromatic N) is 2. The molecule has 3 nitrogen and oxygen atoms in total. The summed E-state index contributed by atoms with van der Waals surface area (Å²) in [5.74, 6) is 0.502. The minimum Gasteiger partial charge on any atom is -0.274 e. The maximum atomic E-state index is 10.9. The molecule has 0 atom stereocenters. The molecule has 0 N–H and O–H groups in total. The summed E-state index contributed by atoms with van der Waals surface area (Å²) >= 11 is 5.33. The van der Waals surface area contributed by atoms with Crippen LogP contribution in [-0.2, 0) is 0 Å². The topological polar surface area (TPSA) is 42.9 Å². The van der Waals surface area contributed by atoms with Gasteiger partial charge in [0.15, 0.2) is 5.82 Å². The zero-order valence-electron chi connectivity index (χ0n) is 7.72. The number of carbonyl (C=O) groups is 1. The Bertz CT molecular complexity index is 485. The molecule has 0 bridgehead atoms. The lowest BCUT2D eigenvalue weighted by Gasteiger charge is -1.99. The molecule has 1 aromatic heterocycles. The molecule has 1 heterocycles. The van der Waals surface area contributed by atoms with Gasteiger partial charge >= 0.3 is 0 Å². The van der Waals surface area contributed by atoms with Crippen molar-refractivity contribution >= 4 is 16.8 Å². The van der Waals surface area contributed by atoms with Gasteiger partial charge in [-0.15, -0.1) is 0 Å². The molecule has 0 aliphatic rings. The molecule has 0 aliphatic carbocycles. The van der Waals surface area contributed by atoms with E-state index in [0.29, 0.717) is 5.82 Å². The molecule has 1 aromatic carbocycles. The lowest BCUT2D eigenvalue weighted by Crippen LogP contribution is -1.97. The number of halogens is 1. The van der Waals surface area contributed by atoms with Gasteiger partial charge < -0.3 is 0 Å². The number of benzene rings is 1. The summed E-state index contributed by atoms with van der Waals surface area (Å²) in [4.78, 5) is 19.0. The Morgan fingerprint density at radius 3 is 2.53 bits per heavy atom. The van der Waals surface area contributed by atoms with Gasteiger partial charge in [-0.25, -0.2) is 9.97 Å². The molecule has 4 heteroatoms. The van der Waals surface area contributed by atoms with E-state index in [1.54, 1.807) is 0 Å². The highest BCUT2D eigenvalue weighted by atomic mass is 35.5. The molecule has 15 heavy (non-hydrogen) atoms. The fourth-order valence-electron chi connectivity index (χ4n) is 1.19. The molecular formula is C11H7ClN2O. The van der Waals surface area contributed by atoms with E-state index in [-0.39, 0.29) is 5.69 Å². The van der Waals surface area contributed by atoms with Gasteiger partial charge in [-0.3, -0.25) is 4.79 Å². The minimum atomic E-state index is -0.574. The van der Waals surface area contributed by atoms with Gasteiger partial charge in [0.05, 0.1) is 0 Å². The van der Waals surface area contributed by atoms with Gasteiger partial charge in [0.1, 0.15) is 5.69 Å². The monoisotopic (exact) mass is 218 g/mol. The highest BCUT2D eigenvalue weighted by molar-refractivity contribution is 6.67. The van der Waals surface area contributed by atoms with Crippen molar-refractivity contribution in [2.45, 2.75) is 0 Å². The van der Waals surface area contributed by atoms with Crippen LogP contribution in [0.5, 0.6) is 0 Å². The summed E-state index contributed by atoms with van der Waals surface area (Å²) in [6.07, 6.45) is 1.52. The Kier molecular flexibility index (Phi) is 2.74. The fraction of sp³-hybridized carbons (Fsp3) is 0. The average Bonchev–Trinajstić information content (AvgIpc) is 2.30. The third-order valence-corrected chi connectivity index (χ3v) is 2.08. The first-order valence-corrected chi connectivity index (χ1v) is 4.73. The van der Waals surface area contributed by atoms with Crippen LogP contribution in [-0.4, -0.2) is 15.2 Å².